The third-order valence-electron chi connectivity index (χ3n) is 2.94. The minimum atomic E-state index is -0.981. The minimum Gasteiger partial charge on any atom is -0.483 e. The summed E-state index contributed by atoms with van der Waals surface area (Å²) in [4.78, 5) is 15.9. The summed E-state index contributed by atoms with van der Waals surface area (Å²) >= 11 is 1.39. The van der Waals surface area contributed by atoms with Crippen molar-refractivity contribution in [3.63, 3.8) is 0 Å². The average Bonchev–Trinajstić information content (AvgIpc) is 2.91. The third-order valence-corrected chi connectivity index (χ3v) is 4.00. The number of aryl methyl sites for hydroxylation is 1. The molecule has 1 aliphatic heterocycles. The van der Waals surface area contributed by atoms with Crippen LogP contribution in [-0.2, 0) is 6.42 Å². The number of nitrogens with zero attached hydrogens (tertiary/aromatic N) is 1. The van der Waals surface area contributed by atoms with Gasteiger partial charge in [-0.25, -0.2) is 9.78 Å². The second kappa shape index (κ2) is 4.10. The average molecular weight is 261 g/mol. The van der Waals surface area contributed by atoms with E-state index in [9.17, 15) is 4.79 Å². The third kappa shape index (κ3) is 1.76. The number of carboxylic acids is 1. The predicted octanol–water partition coefficient (Wildman–Crippen LogP) is 2.83. The van der Waals surface area contributed by atoms with Gasteiger partial charge in [0.1, 0.15) is 10.8 Å². The second-order valence-electron chi connectivity index (χ2n) is 4.18. The highest BCUT2D eigenvalue weighted by atomic mass is 32.1. The van der Waals surface area contributed by atoms with Crippen molar-refractivity contribution >= 4 is 17.3 Å². The number of thiazole rings is 1. The van der Waals surface area contributed by atoms with E-state index < -0.39 is 5.97 Å². The van der Waals surface area contributed by atoms with Crippen LogP contribution in [0.4, 0.5) is 0 Å². The Bertz CT molecular complexity index is 595. The van der Waals surface area contributed by atoms with Gasteiger partial charge in [-0.15, -0.1) is 11.3 Å². The molecule has 2 aromatic rings. The van der Waals surface area contributed by atoms with Crippen LogP contribution >= 0.6 is 11.3 Å². The van der Waals surface area contributed by atoms with E-state index in [1.165, 1.54) is 11.3 Å². The molecule has 1 aliphatic rings. The van der Waals surface area contributed by atoms with E-state index in [1.54, 1.807) is 6.92 Å². The zero-order valence-corrected chi connectivity index (χ0v) is 10.5. The molecule has 0 saturated carbocycles. The molecule has 1 aromatic carbocycles. The van der Waals surface area contributed by atoms with Crippen LogP contribution in [0.3, 0.4) is 0 Å². The molecule has 0 fully saturated rings. The maximum absolute atomic E-state index is 11.0. The van der Waals surface area contributed by atoms with Gasteiger partial charge >= 0.3 is 5.97 Å². The molecule has 92 valence electrons. The normalized spacial score (nSPS) is 17.3. The largest absolute Gasteiger partial charge is 0.483 e. The van der Waals surface area contributed by atoms with Crippen molar-refractivity contribution in [3.8, 4) is 5.75 Å². The van der Waals surface area contributed by atoms with Gasteiger partial charge in [0.05, 0.1) is 0 Å². The number of aromatic nitrogens is 1. The summed E-state index contributed by atoms with van der Waals surface area (Å²) in [5.74, 6) is -0.113. The molecule has 3 rings (SSSR count). The second-order valence-corrected chi connectivity index (χ2v) is 5.42. The van der Waals surface area contributed by atoms with Crippen molar-refractivity contribution in [2.75, 3.05) is 0 Å². The first-order valence-electron chi connectivity index (χ1n) is 5.60. The fraction of sp³-hybridized carbons (Fsp3) is 0.231. The standard InChI is InChI=1S/C13H11NO3S/c1-7-11(13(15)16)14-12(18-7)10-6-8-4-2-3-5-9(8)17-10/h2-5,10H,6H2,1H3,(H,15,16). The lowest BCUT2D eigenvalue weighted by Crippen LogP contribution is -2.04. The van der Waals surface area contributed by atoms with Crippen LogP contribution in [-0.4, -0.2) is 16.1 Å². The van der Waals surface area contributed by atoms with Gasteiger partial charge in [0.15, 0.2) is 11.8 Å². The van der Waals surface area contributed by atoms with E-state index in [-0.39, 0.29) is 11.8 Å². The molecule has 1 N–H and O–H groups in total. The molecular weight excluding hydrogens is 250 g/mol. The Morgan fingerprint density at radius 3 is 2.94 bits per heavy atom. The zero-order chi connectivity index (χ0) is 12.7. The van der Waals surface area contributed by atoms with E-state index in [0.717, 1.165) is 27.6 Å². The van der Waals surface area contributed by atoms with Gasteiger partial charge in [-0.05, 0) is 18.6 Å². The first kappa shape index (κ1) is 11.2. The lowest BCUT2D eigenvalue weighted by atomic mass is 10.1. The molecule has 1 aromatic heterocycles. The van der Waals surface area contributed by atoms with Crippen molar-refractivity contribution in [3.05, 3.63) is 45.4 Å². The molecule has 0 radical (unpaired) electrons. The predicted molar refractivity (Wildman–Crippen MR) is 67.3 cm³/mol. The van der Waals surface area contributed by atoms with Crippen molar-refractivity contribution in [1.29, 1.82) is 0 Å². The van der Waals surface area contributed by atoms with E-state index in [4.69, 9.17) is 9.84 Å². The maximum atomic E-state index is 11.0. The van der Waals surface area contributed by atoms with Gasteiger partial charge in [0.2, 0.25) is 0 Å². The molecule has 0 bridgehead atoms. The van der Waals surface area contributed by atoms with Gasteiger partial charge in [-0.2, -0.15) is 0 Å². The highest BCUT2D eigenvalue weighted by Gasteiger charge is 2.28. The van der Waals surface area contributed by atoms with Gasteiger partial charge in [0.25, 0.3) is 0 Å². The van der Waals surface area contributed by atoms with E-state index in [2.05, 4.69) is 4.98 Å². The van der Waals surface area contributed by atoms with Crippen LogP contribution in [0.2, 0.25) is 0 Å². The number of para-hydroxylation sites is 1. The highest BCUT2D eigenvalue weighted by Crippen LogP contribution is 2.38. The maximum Gasteiger partial charge on any atom is 0.355 e. The number of fused-ring (bicyclic) bond motifs is 1. The molecule has 18 heavy (non-hydrogen) atoms. The van der Waals surface area contributed by atoms with Crippen molar-refractivity contribution < 1.29 is 14.6 Å². The number of carbonyl (C=O) groups is 1. The number of aromatic carboxylic acids is 1. The Kier molecular flexibility index (Phi) is 2.56. The smallest absolute Gasteiger partial charge is 0.355 e. The van der Waals surface area contributed by atoms with Crippen molar-refractivity contribution in [2.24, 2.45) is 0 Å². The fourth-order valence-corrected chi connectivity index (χ4v) is 3.02. The Balaban J connectivity index is 1.91. The molecule has 0 aliphatic carbocycles. The summed E-state index contributed by atoms with van der Waals surface area (Å²) in [6.07, 6.45) is 0.599. The SMILES string of the molecule is Cc1sc(C2Cc3ccccc3O2)nc1C(=O)O. The Hall–Kier alpha value is -1.88. The Morgan fingerprint density at radius 2 is 2.28 bits per heavy atom. The van der Waals surface area contributed by atoms with Gasteiger partial charge in [-0.3, -0.25) is 0 Å². The number of hydrogen-bond acceptors (Lipinski definition) is 4. The molecule has 1 unspecified atom stereocenters. The number of benzene rings is 1. The summed E-state index contributed by atoms with van der Waals surface area (Å²) in [5.41, 5.74) is 1.28. The van der Waals surface area contributed by atoms with Crippen molar-refractivity contribution in [1.82, 2.24) is 4.98 Å². The van der Waals surface area contributed by atoms with E-state index in [0.29, 0.717) is 0 Å². The van der Waals surface area contributed by atoms with Gasteiger partial charge in [-0.1, -0.05) is 18.2 Å². The molecule has 0 spiro atoms. The molecule has 4 nitrogen and oxygen atoms in total. The quantitative estimate of drug-likeness (QED) is 0.903. The number of rotatable bonds is 2. The summed E-state index contributed by atoms with van der Waals surface area (Å²) in [5, 5.41) is 9.74. The van der Waals surface area contributed by atoms with Crippen LogP contribution in [0.25, 0.3) is 0 Å². The van der Waals surface area contributed by atoms with Crippen LogP contribution in [0, 0.1) is 6.92 Å². The van der Waals surface area contributed by atoms with Crippen molar-refractivity contribution in [2.45, 2.75) is 19.4 Å². The van der Waals surface area contributed by atoms with E-state index in [1.807, 2.05) is 24.3 Å². The molecule has 0 amide bonds. The zero-order valence-electron chi connectivity index (χ0n) is 9.71. The summed E-state index contributed by atoms with van der Waals surface area (Å²) in [7, 11) is 0. The molecular formula is C13H11NO3S. The minimum absolute atomic E-state index is 0.134. The first-order valence-corrected chi connectivity index (χ1v) is 6.42. The monoisotopic (exact) mass is 261 g/mol. The molecule has 5 heteroatoms. The van der Waals surface area contributed by atoms with Gasteiger partial charge < -0.3 is 9.84 Å². The van der Waals surface area contributed by atoms with Gasteiger partial charge in [0, 0.05) is 11.3 Å². The number of ether oxygens (including phenoxy) is 1. The van der Waals surface area contributed by atoms with Crippen LogP contribution in [0.15, 0.2) is 24.3 Å². The van der Waals surface area contributed by atoms with E-state index >= 15 is 0 Å². The topological polar surface area (TPSA) is 59.4 Å². The fourth-order valence-electron chi connectivity index (χ4n) is 2.07. The molecule has 1 atom stereocenters. The summed E-state index contributed by atoms with van der Waals surface area (Å²) < 4.78 is 5.80. The summed E-state index contributed by atoms with van der Waals surface area (Å²) in [6.45, 7) is 1.77. The highest BCUT2D eigenvalue weighted by molar-refractivity contribution is 7.11. The van der Waals surface area contributed by atoms with Crippen LogP contribution in [0.5, 0.6) is 5.75 Å². The molecule has 2 heterocycles. The van der Waals surface area contributed by atoms with Crippen LogP contribution in [0.1, 0.15) is 32.0 Å². The Morgan fingerprint density at radius 1 is 1.50 bits per heavy atom. The number of carboxylic acid groups (broad SMARTS) is 1. The van der Waals surface area contributed by atoms with Crippen LogP contribution < -0.4 is 4.74 Å². The first-order chi connectivity index (χ1) is 8.65. The number of hydrogen-bond donors (Lipinski definition) is 1. The summed E-state index contributed by atoms with van der Waals surface area (Å²) in [6, 6.07) is 7.85. The lowest BCUT2D eigenvalue weighted by Gasteiger charge is -2.06. The lowest BCUT2D eigenvalue weighted by molar-refractivity contribution is 0.0690. The Labute approximate surface area is 108 Å². The molecule has 0 saturated heterocycles.